The molecule has 7 nitrogen and oxygen atoms in total. The molecule has 0 aromatic heterocycles. The average molecular weight is 455 g/mol. The number of ether oxygens (including phenoxy) is 1. The molecule has 4 rings (SSSR count). The molecular formula is C24H27ClN4O3. The van der Waals surface area contributed by atoms with Gasteiger partial charge in [0.25, 0.3) is 0 Å². The maximum absolute atomic E-state index is 12.9. The maximum Gasteiger partial charge on any atom is 0.338 e. The van der Waals surface area contributed by atoms with Gasteiger partial charge < -0.3 is 20.3 Å². The molecule has 0 saturated carbocycles. The molecule has 1 fully saturated rings. The van der Waals surface area contributed by atoms with Crippen molar-refractivity contribution in [2.45, 2.75) is 13.0 Å². The summed E-state index contributed by atoms with van der Waals surface area (Å²) in [5, 5.41) is 6.30. The molecule has 1 saturated heterocycles. The SMILES string of the molecule is CCOC(=O)C1=C(CN2CCN(c3ccccc3)CC2)NC(=O)N[C@H]1c1ccc(Cl)cc1. The minimum absolute atomic E-state index is 0.257. The van der Waals surface area contributed by atoms with E-state index in [2.05, 4.69) is 32.6 Å². The van der Waals surface area contributed by atoms with Crippen LogP contribution in [0.15, 0.2) is 65.9 Å². The molecule has 0 bridgehead atoms. The van der Waals surface area contributed by atoms with Crippen LogP contribution >= 0.6 is 11.6 Å². The third kappa shape index (κ3) is 5.06. The molecule has 8 heteroatoms. The van der Waals surface area contributed by atoms with Gasteiger partial charge in [0.1, 0.15) is 0 Å². The summed E-state index contributed by atoms with van der Waals surface area (Å²) in [6.45, 7) is 5.89. The third-order valence-electron chi connectivity index (χ3n) is 5.73. The van der Waals surface area contributed by atoms with E-state index >= 15 is 0 Å². The quantitative estimate of drug-likeness (QED) is 0.655. The summed E-state index contributed by atoms with van der Waals surface area (Å²) in [5.41, 5.74) is 3.00. The van der Waals surface area contributed by atoms with Crippen molar-refractivity contribution < 1.29 is 14.3 Å². The van der Waals surface area contributed by atoms with Gasteiger partial charge >= 0.3 is 12.0 Å². The van der Waals surface area contributed by atoms with Crippen molar-refractivity contribution in [2.24, 2.45) is 0 Å². The number of para-hydroxylation sites is 1. The van der Waals surface area contributed by atoms with Crippen LogP contribution in [0.25, 0.3) is 0 Å². The van der Waals surface area contributed by atoms with Crippen LogP contribution in [0.3, 0.4) is 0 Å². The smallest absolute Gasteiger partial charge is 0.338 e. The van der Waals surface area contributed by atoms with Crippen LogP contribution in [-0.2, 0) is 9.53 Å². The first-order chi connectivity index (χ1) is 15.5. The number of halogens is 1. The van der Waals surface area contributed by atoms with Gasteiger partial charge in [-0.3, -0.25) is 4.90 Å². The number of piperazine rings is 1. The van der Waals surface area contributed by atoms with Crippen molar-refractivity contribution in [3.8, 4) is 0 Å². The van der Waals surface area contributed by atoms with E-state index in [1.807, 2.05) is 30.3 Å². The average Bonchev–Trinajstić information content (AvgIpc) is 2.80. The minimum atomic E-state index is -0.597. The van der Waals surface area contributed by atoms with Crippen LogP contribution in [0, 0.1) is 0 Å². The van der Waals surface area contributed by atoms with Gasteiger partial charge in [0.2, 0.25) is 0 Å². The van der Waals surface area contributed by atoms with E-state index < -0.39 is 12.0 Å². The van der Waals surface area contributed by atoms with Crippen LogP contribution in [0.2, 0.25) is 5.02 Å². The lowest BCUT2D eigenvalue weighted by Crippen LogP contribution is -2.51. The lowest BCUT2D eigenvalue weighted by atomic mass is 9.95. The number of rotatable bonds is 6. The van der Waals surface area contributed by atoms with Gasteiger partial charge in [-0.15, -0.1) is 0 Å². The second-order valence-electron chi connectivity index (χ2n) is 7.79. The molecule has 2 aromatic rings. The first-order valence-electron chi connectivity index (χ1n) is 10.8. The van der Waals surface area contributed by atoms with E-state index in [1.165, 1.54) is 5.69 Å². The van der Waals surface area contributed by atoms with Gasteiger partial charge in [0.15, 0.2) is 0 Å². The number of nitrogens with zero attached hydrogens (tertiary/aromatic N) is 2. The molecule has 2 amide bonds. The highest BCUT2D eigenvalue weighted by Crippen LogP contribution is 2.29. The molecule has 2 aliphatic rings. The van der Waals surface area contributed by atoms with Crippen molar-refractivity contribution in [3.05, 3.63) is 76.5 Å². The van der Waals surface area contributed by atoms with Crippen molar-refractivity contribution in [3.63, 3.8) is 0 Å². The lowest BCUT2D eigenvalue weighted by Gasteiger charge is -2.38. The Hall–Kier alpha value is -3.03. The van der Waals surface area contributed by atoms with Crippen LogP contribution in [0.5, 0.6) is 0 Å². The lowest BCUT2D eigenvalue weighted by molar-refractivity contribution is -0.139. The van der Waals surface area contributed by atoms with Gasteiger partial charge in [-0.25, -0.2) is 9.59 Å². The van der Waals surface area contributed by atoms with E-state index in [9.17, 15) is 9.59 Å². The first kappa shape index (κ1) is 22.2. The number of hydrogen-bond acceptors (Lipinski definition) is 5. The molecule has 2 aromatic carbocycles. The Labute approximate surface area is 193 Å². The van der Waals surface area contributed by atoms with Gasteiger partial charge in [0.05, 0.1) is 18.2 Å². The zero-order valence-electron chi connectivity index (χ0n) is 18.0. The Morgan fingerprint density at radius 3 is 2.41 bits per heavy atom. The molecule has 0 unspecified atom stereocenters. The number of carbonyl (C=O) groups excluding carboxylic acids is 2. The number of anilines is 1. The van der Waals surface area contributed by atoms with Crippen molar-refractivity contribution in [1.82, 2.24) is 15.5 Å². The topological polar surface area (TPSA) is 73.9 Å². The zero-order valence-corrected chi connectivity index (χ0v) is 18.8. The monoisotopic (exact) mass is 454 g/mol. The van der Waals surface area contributed by atoms with Crippen molar-refractivity contribution in [1.29, 1.82) is 0 Å². The Morgan fingerprint density at radius 1 is 1.06 bits per heavy atom. The minimum Gasteiger partial charge on any atom is -0.463 e. The summed E-state index contributed by atoms with van der Waals surface area (Å²) in [4.78, 5) is 30.0. The Kier molecular flexibility index (Phi) is 6.97. The fraction of sp³-hybridized carbons (Fsp3) is 0.333. The number of esters is 1. The standard InChI is InChI=1S/C24H27ClN4O3/c1-2-32-23(30)21-20(26-24(31)27-22(21)17-8-10-18(25)11-9-17)16-28-12-14-29(15-13-28)19-6-4-3-5-7-19/h3-11,22H,2,12-16H2,1H3,(H2,26,27,31)/t22-/m0/s1. The van der Waals surface area contributed by atoms with Crippen LogP contribution in [0.4, 0.5) is 10.5 Å². The van der Waals surface area contributed by atoms with E-state index in [1.54, 1.807) is 19.1 Å². The normalized spacial score (nSPS) is 19.4. The fourth-order valence-corrected chi connectivity index (χ4v) is 4.25. The predicted octanol–water partition coefficient (Wildman–Crippen LogP) is 3.33. The summed E-state index contributed by atoms with van der Waals surface area (Å²) in [6.07, 6.45) is 0. The van der Waals surface area contributed by atoms with Gasteiger partial charge in [-0.2, -0.15) is 0 Å². The van der Waals surface area contributed by atoms with Crippen LogP contribution in [0.1, 0.15) is 18.5 Å². The van der Waals surface area contributed by atoms with E-state index in [4.69, 9.17) is 16.3 Å². The predicted molar refractivity (Wildman–Crippen MR) is 125 cm³/mol. The van der Waals surface area contributed by atoms with E-state index in [-0.39, 0.29) is 12.6 Å². The van der Waals surface area contributed by atoms with Gasteiger partial charge in [-0.1, -0.05) is 41.9 Å². The Balaban J connectivity index is 1.56. The van der Waals surface area contributed by atoms with Crippen molar-refractivity contribution in [2.75, 3.05) is 44.2 Å². The van der Waals surface area contributed by atoms with E-state index in [0.717, 1.165) is 31.7 Å². The highest BCUT2D eigenvalue weighted by molar-refractivity contribution is 6.30. The van der Waals surface area contributed by atoms with Gasteiger partial charge in [-0.05, 0) is 36.8 Å². The largest absolute Gasteiger partial charge is 0.463 e. The highest BCUT2D eigenvalue weighted by atomic mass is 35.5. The molecule has 1 atom stereocenters. The van der Waals surface area contributed by atoms with Crippen LogP contribution < -0.4 is 15.5 Å². The highest BCUT2D eigenvalue weighted by Gasteiger charge is 2.34. The first-order valence-corrected chi connectivity index (χ1v) is 11.2. The summed E-state index contributed by atoms with van der Waals surface area (Å²) >= 11 is 6.03. The molecule has 2 heterocycles. The molecule has 0 radical (unpaired) electrons. The third-order valence-corrected chi connectivity index (χ3v) is 5.98. The fourth-order valence-electron chi connectivity index (χ4n) is 4.12. The molecule has 0 aliphatic carbocycles. The molecule has 0 spiro atoms. The summed E-state index contributed by atoms with van der Waals surface area (Å²) in [5.74, 6) is -0.433. The molecule has 32 heavy (non-hydrogen) atoms. The number of amides is 2. The number of hydrogen-bond donors (Lipinski definition) is 2. The molecule has 168 valence electrons. The number of benzene rings is 2. The zero-order chi connectivity index (χ0) is 22.5. The maximum atomic E-state index is 12.9. The van der Waals surface area contributed by atoms with Crippen LogP contribution in [-0.4, -0.2) is 56.2 Å². The molecular weight excluding hydrogens is 428 g/mol. The molecule has 2 N–H and O–H groups in total. The Morgan fingerprint density at radius 2 is 1.75 bits per heavy atom. The van der Waals surface area contributed by atoms with E-state index in [0.29, 0.717) is 22.8 Å². The second kappa shape index (κ2) is 10.1. The van der Waals surface area contributed by atoms with Gasteiger partial charge in [0, 0.05) is 49.1 Å². The second-order valence-corrected chi connectivity index (χ2v) is 8.23. The van der Waals surface area contributed by atoms with Crippen molar-refractivity contribution >= 4 is 29.3 Å². The molecule has 2 aliphatic heterocycles. The number of urea groups is 1. The number of carbonyl (C=O) groups is 2. The number of nitrogens with one attached hydrogen (secondary N) is 2. The summed E-state index contributed by atoms with van der Waals surface area (Å²) < 4.78 is 5.35. The Bertz CT molecular complexity index is 986. The summed E-state index contributed by atoms with van der Waals surface area (Å²) in [7, 11) is 0. The summed E-state index contributed by atoms with van der Waals surface area (Å²) in [6, 6.07) is 16.5.